The summed E-state index contributed by atoms with van der Waals surface area (Å²) in [5.41, 5.74) is 6.48. The zero-order valence-electron chi connectivity index (χ0n) is 11.1. The van der Waals surface area contributed by atoms with Gasteiger partial charge < -0.3 is 15.8 Å². The molecule has 0 saturated heterocycles. The Balaban J connectivity index is 1.80. The highest BCUT2D eigenvalue weighted by atomic mass is 79.9. The van der Waals surface area contributed by atoms with Crippen LogP contribution in [0.15, 0.2) is 46.9 Å². The molecule has 3 N–H and O–H groups in total. The average Bonchev–Trinajstić information content (AvgIpc) is 2.44. The lowest BCUT2D eigenvalue weighted by Crippen LogP contribution is -2.28. The molecule has 0 radical (unpaired) electrons. The Morgan fingerprint density at radius 2 is 1.95 bits per heavy atom. The van der Waals surface area contributed by atoms with Gasteiger partial charge in [0.05, 0.1) is 6.54 Å². The number of rotatable bonds is 5. The van der Waals surface area contributed by atoms with Crippen LogP contribution in [0.5, 0.6) is 5.75 Å². The van der Waals surface area contributed by atoms with E-state index in [0.29, 0.717) is 29.1 Å². The van der Waals surface area contributed by atoms with Crippen LogP contribution in [-0.2, 0) is 0 Å². The number of amides is 1. The Bertz CT molecular complexity index is 612. The van der Waals surface area contributed by atoms with Gasteiger partial charge >= 0.3 is 0 Å². The minimum Gasteiger partial charge on any atom is -0.492 e. The van der Waals surface area contributed by atoms with E-state index in [0.717, 1.165) is 0 Å². The molecule has 0 heterocycles. The van der Waals surface area contributed by atoms with Crippen molar-refractivity contribution in [2.75, 3.05) is 18.9 Å². The molecule has 2 aromatic rings. The smallest absolute Gasteiger partial charge is 0.251 e. The van der Waals surface area contributed by atoms with Gasteiger partial charge in [-0.2, -0.15) is 0 Å². The number of carbonyl (C=O) groups is 1. The van der Waals surface area contributed by atoms with Gasteiger partial charge in [-0.25, -0.2) is 4.39 Å². The molecule has 0 spiro atoms. The molecular formula is C15H14BrFN2O2. The lowest BCUT2D eigenvalue weighted by atomic mass is 10.2. The molecule has 0 saturated carbocycles. The van der Waals surface area contributed by atoms with Crippen LogP contribution in [0.3, 0.4) is 0 Å². The van der Waals surface area contributed by atoms with Crippen molar-refractivity contribution in [1.82, 2.24) is 5.32 Å². The van der Waals surface area contributed by atoms with Gasteiger partial charge in [-0.1, -0.05) is 15.9 Å². The van der Waals surface area contributed by atoms with Gasteiger partial charge in [0.2, 0.25) is 0 Å². The summed E-state index contributed by atoms with van der Waals surface area (Å²) < 4.78 is 19.1. The van der Waals surface area contributed by atoms with E-state index >= 15 is 0 Å². The second-order valence-electron chi connectivity index (χ2n) is 4.33. The van der Waals surface area contributed by atoms with Crippen LogP contribution in [0, 0.1) is 5.82 Å². The number of halogens is 2. The quantitative estimate of drug-likeness (QED) is 0.642. The van der Waals surface area contributed by atoms with Crippen LogP contribution < -0.4 is 15.8 Å². The third-order valence-corrected chi connectivity index (χ3v) is 3.12. The number of benzene rings is 2. The van der Waals surface area contributed by atoms with Crippen molar-refractivity contribution < 1.29 is 13.9 Å². The molecule has 0 bridgehead atoms. The van der Waals surface area contributed by atoms with Crippen LogP contribution in [0.4, 0.5) is 10.1 Å². The van der Waals surface area contributed by atoms with Crippen LogP contribution in [-0.4, -0.2) is 19.1 Å². The predicted octanol–water partition coefficient (Wildman–Crippen LogP) is 2.98. The lowest BCUT2D eigenvalue weighted by molar-refractivity contribution is 0.0946. The van der Waals surface area contributed by atoms with E-state index in [1.54, 1.807) is 30.3 Å². The molecule has 0 aromatic heterocycles. The first kappa shape index (κ1) is 15.3. The fourth-order valence-corrected chi connectivity index (χ4v) is 2.15. The Kier molecular flexibility index (Phi) is 5.16. The molecular weight excluding hydrogens is 339 g/mol. The van der Waals surface area contributed by atoms with Crippen LogP contribution in [0.25, 0.3) is 0 Å². The van der Waals surface area contributed by atoms with E-state index < -0.39 is 5.82 Å². The summed E-state index contributed by atoms with van der Waals surface area (Å²) in [4.78, 5) is 11.8. The first-order valence-electron chi connectivity index (χ1n) is 6.27. The van der Waals surface area contributed by atoms with E-state index in [4.69, 9.17) is 10.5 Å². The summed E-state index contributed by atoms with van der Waals surface area (Å²) >= 11 is 3.14. The maximum absolute atomic E-state index is 13.2. The summed E-state index contributed by atoms with van der Waals surface area (Å²) in [5.74, 6) is -0.143. The van der Waals surface area contributed by atoms with Gasteiger partial charge in [0.15, 0.2) is 0 Å². The maximum atomic E-state index is 13.2. The van der Waals surface area contributed by atoms with Crippen molar-refractivity contribution in [2.24, 2.45) is 0 Å². The Morgan fingerprint density at radius 3 is 2.62 bits per heavy atom. The summed E-state index contributed by atoms with van der Waals surface area (Å²) in [6, 6.07) is 11.0. The number of nitrogens with one attached hydrogen (secondary N) is 1. The molecule has 110 valence electrons. The fourth-order valence-electron chi connectivity index (χ4n) is 1.68. The number of ether oxygens (including phenoxy) is 1. The molecule has 0 fully saturated rings. The third kappa shape index (κ3) is 4.75. The van der Waals surface area contributed by atoms with Crippen LogP contribution >= 0.6 is 15.9 Å². The summed E-state index contributed by atoms with van der Waals surface area (Å²) in [6.45, 7) is 0.628. The number of hydrogen-bond donors (Lipinski definition) is 2. The summed E-state index contributed by atoms with van der Waals surface area (Å²) in [7, 11) is 0. The largest absolute Gasteiger partial charge is 0.492 e. The van der Waals surface area contributed by atoms with Gasteiger partial charge in [0.1, 0.15) is 18.2 Å². The maximum Gasteiger partial charge on any atom is 0.251 e. The van der Waals surface area contributed by atoms with Gasteiger partial charge in [-0.3, -0.25) is 4.79 Å². The van der Waals surface area contributed by atoms with Crippen molar-refractivity contribution in [1.29, 1.82) is 0 Å². The molecule has 0 aliphatic heterocycles. The number of anilines is 1. The molecule has 0 aliphatic carbocycles. The molecule has 0 aliphatic rings. The zero-order valence-corrected chi connectivity index (χ0v) is 12.7. The first-order valence-corrected chi connectivity index (χ1v) is 7.06. The topological polar surface area (TPSA) is 64.3 Å². The molecule has 0 unspecified atom stereocenters. The Morgan fingerprint density at radius 1 is 1.24 bits per heavy atom. The highest BCUT2D eigenvalue weighted by molar-refractivity contribution is 9.10. The lowest BCUT2D eigenvalue weighted by Gasteiger charge is -2.08. The number of hydrogen-bond acceptors (Lipinski definition) is 3. The standard InChI is InChI=1S/C15H14BrFN2O2/c16-11-7-10(8-12(17)9-11)15(20)19-5-6-21-14-3-1-13(18)2-4-14/h1-4,7-9H,5-6,18H2,(H,19,20). The SMILES string of the molecule is Nc1ccc(OCCNC(=O)c2cc(F)cc(Br)c2)cc1. The van der Waals surface area contributed by atoms with E-state index in [1.165, 1.54) is 12.1 Å². The number of nitrogens with two attached hydrogens (primary N) is 1. The van der Waals surface area contributed by atoms with Crippen molar-refractivity contribution in [3.05, 3.63) is 58.3 Å². The van der Waals surface area contributed by atoms with Gasteiger partial charge in [-0.05, 0) is 42.5 Å². The Hall–Kier alpha value is -2.08. The zero-order chi connectivity index (χ0) is 15.2. The number of nitrogen functional groups attached to an aromatic ring is 1. The van der Waals surface area contributed by atoms with Crippen LogP contribution in [0.1, 0.15) is 10.4 Å². The van der Waals surface area contributed by atoms with Crippen molar-refractivity contribution >= 4 is 27.5 Å². The highest BCUT2D eigenvalue weighted by Crippen LogP contribution is 2.15. The van der Waals surface area contributed by atoms with Crippen molar-refractivity contribution in [3.8, 4) is 5.75 Å². The van der Waals surface area contributed by atoms with Gasteiger partial charge in [0.25, 0.3) is 5.91 Å². The highest BCUT2D eigenvalue weighted by Gasteiger charge is 2.07. The molecule has 0 atom stereocenters. The van der Waals surface area contributed by atoms with E-state index in [9.17, 15) is 9.18 Å². The molecule has 2 rings (SSSR count). The summed E-state index contributed by atoms with van der Waals surface area (Å²) in [6.07, 6.45) is 0. The molecule has 21 heavy (non-hydrogen) atoms. The summed E-state index contributed by atoms with van der Waals surface area (Å²) in [5, 5.41) is 2.66. The van der Waals surface area contributed by atoms with E-state index in [-0.39, 0.29) is 11.5 Å². The average molecular weight is 353 g/mol. The minimum absolute atomic E-state index is 0.259. The van der Waals surface area contributed by atoms with E-state index in [2.05, 4.69) is 21.2 Å². The number of carbonyl (C=O) groups excluding carboxylic acids is 1. The molecule has 6 heteroatoms. The van der Waals surface area contributed by atoms with Gasteiger partial charge in [-0.15, -0.1) is 0 Å². The van der Waals surface area contributed by atoms with Crippen LogP contribution in [0.2, 0.25) is 0 Å². The van der Waals surface area contributed by atoms with E-state index in [1.807, 2.05) is 0 Å². The second-order valence-corrected chi connectivity index (χ2v) is 5.25. The predicted molar refractivity (Wildman–Crippen MR) is 82.8 cm³/mol. The monoisotopic (exact) mass is 352 g/mol. The minimum atomic E-state index is -0.465. The Labute approximate surface area is 130 Å². The first-order chi connectivity index (χ1) is 10.0. The normalized spacial score (nSPS) is 10.2. The molecule has 4 nitrogen and oxygen atoms in total. The second kappa shape index (κ2) is 7.08. The molecule has 2 aromatic carbocycles. The van der Waals surface area contributed by atoms with Crippen molar-refractivity contribution in [2.45, 2.75) is 0 Å². The fraction of sp³-hybridized carbons (Fsp3) is 0.133. The van der Waals surface area contributed by atoms with Gasteiger partial charge in [0, 0.05) is 15.7 Å². The molecule has 1 amide bonds. The van der Waals surface area contributed by atoms with Crippen molar-refractivity contribution in [3.63, 3.8) is 0 Å². The third-order valence-electron chi connectivity index (χ3n) is 2.66.